The van der Waals surface area contributed by atoms with Crippen LogP contribution >= 0.6 is 11.6 Å². The molecule has 1 heterocycles. The van der Waals surface area contributed by atoms with E-state index in [1.165, 1.54) is 12.1 Å². The van der Waals surface area contributed by atoms with Crippen LogP contribution in [0.25, 0.3) is 0 Å². The summed E-state index contributed by atoms with van der Waals surface area (Å²) < 4.78 is 18.7. The van der Waals surface area contributed by atoms with Crippen LogP contribution < -0.4 is 5.32 Å². The Balaban J connectivity index is 2.05. The van der Waals surface area contributed by atoms with Crippen molar-refractivity contribution >= 4 is 11.6 Å². The maximum absolute atomic E-state index is 12.9. The number of benzene rings is 1. The first kappa shape index (κ1) is 12.8. The average Bonchev–Trinajstić information content (AvgIpc) is 2.29. The molecule has 1 aromatic rings. The number of hydrogen-bond donors (Lipinski definition) is 1. The maximum Gasteiger partial charge on any atom is 0.124 e. The lowest BCUT2D eigenvalue weighted by molar-refractivity contribution is -0.00708. The number of rotatable bonds is 2. The van der Waals surface area contributed by atoms with E-state index < -0.39 is 0 Å². The van der Waals surface area contributed by atoms with Crippen molar-refractivity contribution in [3.05, 3.63) is 34.6 Å². The molecule has 0 spiro atoms. The van der Waals surface area contributed by atoms with Gasteiger partial charge in [-0.05, 0) is 18.1 Å². The van der Waals surface area contributed by atoms with Crippen LogP contribution in [0.15, 0.2) is 18.2 Å². The zero-order valence-corrected chi connectivity index (χ0v) is 10.8. The van der Waals surface area contributed by atoms with E-state index in [0.29, 0.717) is 30.1 Å². The van der Waals surface area contributed by atoms with E-state index >= 15 is 0 Å². The monoisotopic (exact) mass is 257 g/mol. The predicted molar refractivity (Wildman–Crippen MR) is 66.7 cm³/mol. The largest absolute Gasteiger partial charge is 0.371 e. The molecule has 2 unspecified atom stereocenters. The SMILES string of the molecule is CC(C)C1COC(c2ccc(F)cc2Cl)CN1. The van der Waals surface area contributed by atoms with Crippen LogP contribution in [0.5, 0.6) is 0 Å². The molecule has 1 aliphatic rings. The van der Waals surface area contributed by atoms with Gasteiger partial charge in [0.1, 0.15) is 5.82 Å². The van der Waals surface area contributed by atoms with Crippen LogP contribution in [0.1, 0.15) is 25.5 Å². The highest BCUT2D eigenvalue weighted by molar-refractivity contribution is 6.31. The standard InChI is InChI=1S/C13H17ClFNO/c1-8(2)12-7-17-13(6-16-12)10-4-3-9(15)5-11(10)14/h3-5,8,12-13,16H,6-7H2,1-2H3. The van der Waals surface area contributed by atoms with Gasteiger partial charge in [-0.15, -0.1) is 0 Å². The van der Waals surface area contributed by atoms with Crippen LogP contribution in [0.3, 0.4) is 0 Å². The highest BCUT2D eigenvalue weighted by Gasteiger charge is 2.25. The van der Waals surface area contributed by atoms with Gasteiger partial charge in [-0.1, -0.05) is 31.5 Å². The van der Waals surface area contributed by atoms with Gasteiger partial charge < -0.3 is 10.1 Å². The molecule has 1 saturated heterocycles. The second-order valence-electron chi connectivity index (χ2n) is 4.75. The molecule has 1 N–H and O–H groups in total. The van der Waals surface area contributed by atoms with Crippen molar-refractivity contribution in [3.63, 3.8) is 0 Å². The van der Waals surface area contributed by atoms with Crippen molar-refractivity contribution in [2.24, 2.45) is 5.92 Å². The summed E-state index contributed by atoms with van der Waals surface area (Å²) in [6, 6.07) is 4.82. The molecule has 0 amide bonds. The molecular weight excluding hydrogens is 241 g/mol. The molecule has 0 aliphatic carbocycles. The Morgan fingerprint density at radius 3 is 2.76 bits per heavy atom. The third kappa shape index (κ3) is 2.97. The number of morpholine rings is 1. The Hall–Kier alpha value is -0.640. The van der Waals surface area contributed by atoms with Crippen molar-refractivity contribution in [2.75, 3.05) is 13.2 Å². The van der Waals surface area contributed by atoms with Gasteiger partial charge in [0.15, 0.2) is 0 Å². The summed E-state index contributed by atoms with van der Waals surface area (Å²) in [5.74, 6) is 0.224. The smallest absolute Gasteiger partial charge is 0.124 e. The first-order valence-corrected chi connectivity index (χ1v) is 6.25. The molecule has 17 heavy (non-hydrogen) atoms. The first-order valence-electron chi connectivity index (χ1n) is 5.88. The van der Waals surface area contributed by atoms with Crippen LogP contribution in [-0.4, -0.2) is 19.2 Å². The summed E-state index contributed by atoms with van der Waals surface area (Å²) >= 11 is 6.01. The molecule has 0 radical (unpaired) electrons. The lowest BCUT2D eigenvalue weighted by atomic mass is 10.0. The second-order valence-corrected chi connectivity index (χ2v) is 5.15. The van der Waals surface area contributed by atoms with E-state index in [1.807, 2.05) is 0 Å². The summed E-state index contributed by atoms with van der Waals surface area (Å²) in [6.45, 7) is 5.70. The quantitative estimate of drug-likeness (QED) is 0.879. The molecule has 94 valence electrons. The molecule has 1 aromatic carbocycles. The molecule has 0 bridgehead atoms. The molecule has 2 atom stereocenters. The van der Waals surface area contributed by atoms with E-state index in [4.69, 9.17) is 16.3 Å². The fourth-order valence-electron chi connectivity index (χ4n) is 1.99. The molecule has 2 nitrogen and oxygen atoms in total. The molecule has 2 rings (SSSR count). The number of hydrogen-bond acceptors (Lipinski definition) is 2. The average molecular weight is 258 g/mol. The minimum absolute atomic E-state index is 0.0851. The Kier molecular flexibility index (Phi) is 4.02. The summed E-state index contributed by atoms with van der Waals surface area (Å²) in [6.07, 6.45) is -0.0851. The van der Waals surface area contributed by atoms with Gasteiger partial charge >= 0.3 is 0 Å². The Morgan fingerprint density at radius 1 is 1.47 bits per heavy atom. The zero-order chi connectivity index (χ0) is 12.4. The van der Waals surface area contributed by atoms with Gasteiger partial charge in [0, 0.05) is 23.2 Å². The van der Waals surface area contributed by atoms with Gasteiger partial charge in [0.2, 0.25) is 0 Å². The van der Waals surface area contributed by atoms with Crippen LogP contribution in [0.2, 0.25) is 5.02 Å². The van der Waals surface area contributed by atoms with Crippen molar-refractivity contribution in [2.45, 2.75) is 26.0 Å². The predicted octanol–water partition coefficient (Wildman–Crippen LogP) is 3.16. The highest BCUT2D eigenvalue weighted by atomic mass is 35.5. The molecule has 1 fully saturated rings. The first-order chi connectivity index (χ1) is 8.08. The fraction of sp³-hybridized carbons (Fsp3) is 0.538. The van der Waals surface area contributed by atoms with Gasteiger partial charge in [-0.3, -0.25) is 0 Å². The molecule has 0 aromatic heterocycles. The summed E-state index contributed by atoms with van der Waals surface area (Å²) in [4.78, 5) is 0. The van der Waals surface area contributed by atoms with E-state index in [-0.39, 0.29) is 11.9 Å². The third-order valence-electron chi connectivity index (χ3n) is 3.16. The Labute approximate surface area is 106 Å². The van der Waals surface area contributed by atoms with Gasteiger partial charge in [0.05, 0.1) is 12.7 Å². The third-order valence-corrected chi connectivity index (χ3v) is 3.48. The van der Waals surface area contributed by atoms with Crippen LogP contribution in [-0.2, 0) is 4.74 Å². The molecule has 0 saturated carbocycles. The minimum atomic E-state index is -0.317. The Bertz CT molecular complexity index is 389. The van der Waals surface area contributed by atoms with Crippen LogP contribution in [0, 0.1) is 11.7 Å². The summed E-state index contributed by atoms with van der Waals surface area (Å²) in [5.41, 5.74) is 0.850. The topological polar surface area (TPSA) is 21.3 Å². The van der Waals surface area contributed by atoms with Crippen molar-refractivity contribution < 1.29 is 9.13 Å². The van der Waals surface area contributed by atoms with E-state index in [1.54, 1.807) is 6.07 Å². The van der Waals surface area contributed by atoms with E-state index in [9.17, 15) is 4.39 Å². The van der Waals surface area contributed by atoms with Gasteiger partial charge in [-0.2, -0.15) is 0 Å². The minimum Gasteiger partial charge on any atom is -0.371 e. The highest BCUT2D eigenvalue weighted by Crippen LogP contribution is 2.28. The van der Waals surface area contributed by atoms with Crippen LogP contribution in [0.4, 0.5) is 4.39 Å². The second kappa shape index (κ2) is 5.34. The van der Waals surface area contributed by atoms with Gasteiger partial charge in [0.25, 0.3) is 0 Å². The number of ether oxygens (including phenoxy) is 1. The lowest BCUT2D eigenvalue weighted by Crippen LogP contribution is -2.45. The normalized spacial score (nSPS) is 25.2. The van der Waals surface area contributed by atoms with Crippen molar-refractivity contribution in [1.82, 2.24) is 5.32 Å². The van der Waals surface area contributed by atoms with E-state index in [2.05, 4.69) is 19.2 Å². The fourth-order valence-corrected chi connectivity index (χ4v) is 2.28. The zero-order valence-electron chi connectivity index (χ0n) is 10.0. The van der Waals surface area contributed by atoms with Gasteiger partial charge in [-0.25, -0.2) is 4.39 Å². The van der Waals surface area contributed by atoms with E-state index in [0.717, 1.165) is 5.56 Å². The van der Waals surface area contributed by atoms with Crippen molar-refractivity contribution in [1.29, 1.82) is 0 Å². The lowest BCUT2D eigenvalue weighted by Gasteiger charge is -2.33. The summed E-state index contributed by atoms with van der Waals surface area (Å²) in [7, 11) is 0. The number of halogens is 2. The van der Waals surface area contributed by atoms with Crippen molar-refractivity contribution in [3.8, 4) is 0 Å². The molecular formula is C13H17ClFNO. The Morgan fingerprint density at radius 2 is 2.24 bits per heavy atom. The molecule has 1 aliphatic heterocycles. The molecule has 4 heteroatoms. The maximum atomic E-state index is 12.9. The summed E-state index contributed by atoms with van der Waals surface area (Å²) in [5, 5.41) is 3.86. The number of nitrogens with one attached hydrogen (secondary N) is 1.